The molecule has 1 amide bonds. The van der Waals surface area contributed by atoms with Crippen LogP contribution < -0.4 is 5.32 Å². The van der Waals surface area contributed by atoms with Crippen molar-refractivity contribution in [2.24, 2.45) is 0 Å². The second kappa shape index (κ2) is 8.18. The molecule has 0 saturated carbocycles. The molecule has 0 aliphatic heterocycles. The lowest BCUT2D eigenvalue weighted by Gasteiger charge is -2.09. The molecule has 35 heavy (non-hydrogen) atoms. The van der Waals surface area contributed by atoms with Crippen molar-refractivity contribution in [1.29, 1.82) is 0 Å². The molecule has 0 radical (unpaired) electrons. The monoisotopic (exact) mass is 459 g/mol. The van der Waals surface area contributed by atoms with Crippen molar-refractivity contribution in [2.75, 3.05) is 5.32 Å². The SMILES string of the molecule is Cc1ccnc(C)c1-c1cnc2[nH]cc(-c3ccn4ncc(C(=O)Nc5cccnc5)c4c3)c2c1. The van der Waals surface area contributed by atoms with Crippen LogP contribution in [0.25, 0.3) is 38.8 Å². The molecular weight excluding hydrogens is 438 g/mol. The average molecular weight is 460 g/mol. The van der Waals surface area contributed by atoms with E-state index < -0.39 is 0 Å². The van der Waals surface area contributed by atoms with Crippen molar-refractivity contribution in [2.45, 2.75) is 13.8 Å². The standard InChI is InChI=1S/C27H21N7O/c1-16-5-8-29-17(2)25(16)19-10-21-22(14-31-26(21)30-12-19)18-6-9-34-24(11-18)23(15-32-34)27(35)33-20-4-3-7-28-13-20/h3-15H,1-2H3,(H,30,31)(H,33,35). The highest BCUT2D eigenvalue weighted by Gasteiger charge is 2.16. The number of aromatic nitrogens is 6. The van der Waals surface area contributed by atoms with E-state index in [1.54, 1.807) is 35.2 Å². The van der Waals surface area contributed by atoms with Crippen molar-refractivity contribution < 1.29 is 4.79 Å². The Labute approximate surface area is 200 Å². The summed E-state index contributed by atoms with van der Waals surface area (Å²) < 4.78 is 1.70. The lowest BCUT2D eigenvalue weighted by Crippen LogP contribution is -2.11. The van der Waals surface area contributed by atoms with Crippen LogP contribution in [0.3, 0.4) is 0 Å². The van der Waals surface area contributed by atoms with Crippen LogP contribution in [0.5, 0.6) is 0 Å². The van der Waals surface area contributed by atoms with E-state index in [2.05, 4.69) is 43.3 Å². The van der Waals surface area contributed by atoms with Gasteiger partial charge in [0.25, 0.3) is 5.91 Å². The minimum Gasteiger partial charge on any atom is -0.346 e. The van der Waals surface area contributed by atoms with Gasteiger partial charge in [-0.2, -0.15) is 5.10 Å². The van der Waals surface area contributed by atoms with E-state index in [-0.39, 0.29) is 5.91 Å². The molecule has 0 fully saturated rings. The van der Waals surface area contributed by atoms with Gasteiger partial charge in [-0.1, -0.05) is 0 Å². The van der Waals surface area contributed by atoms with Gasteiger partial charge in [0, 0.05) is 58.8 Å². The van der Waals surface area contributed by atoms with Gasteiger partial charge < -0.3 is 10.3 Å². The number of amides is 1. The predicted molar refractivity (Wildman–Crippen MR) is 135 cm³/mol. The Morgan fingerprint density at radius 1 is 1.00 bits per heavy atom. The molecule has 2 N–H and O–H groups in total. The van der Waals surface area contributed by atoms with Crippen LogP contribution in [0, 0.1) is 13.8 Å². The smallest absolute Gasteiger partial charge is 0.259 e. The molecule has 8 nitrogen and oxygen atoms in total. The number of hydrogen-bond donors (Lipinski definition) is 2. The van der Waals surface area contributed by atoms with Crippen LogP contribution in [0.2, 0.25) is 0 Å². The van der Waals surface area contributed by atoms with Gasteiger partial charge in [-0.25, -0.2) is 9.50 Å². The maximum Gasteiger partial charge on any atom is 0.259 e. The topological polar surface area (TPSA) is 101 Å². The molecule has 0 aliphatic carbocycles. The summed E-state index contributed by atoms with van der Waals surface area (Å²) in [6, 6.07) is 11.7. The molecule has 170 valence electrons. The predicted octanol–water partition coefficient (Wildman–Crippen LogP) is 5.20. The number of hydrogen-bond acceptors (Lipinski definition) is 5. The van der Waals surface area contributed by atoms with Gasteiger partial charge in [0.1, 0.15) is 5.65 Å². The number of nitrogens with zero attached hydrogens (tertiary/aromatic N) is 5. The van der Waals surface area contributed by atoms with Crippen molar-refractivity contribution in [3.8, 4) is 22.3 Å². The Bertz CT molecular complexity index is 1700. The third-order valence-electron chi connectivity index (χ3n) is 6.17. The van der Waals surface area contributed by atoms with Crippen molar-refractivity contribution >= 4 is 28.1 Å². The minimum atomic E-state index is -0.240. The lowest BCUT2D eigenvalue weighted by atomic mass is 9.98. The van der Waals surface area contributed by atoms with Gasteiger partial charge in [0.2, 0.25) is 0 Å². The molecule has 0 saturated heterocycles. The number of carbonyl (C=O) groups is 1. The number of rotatable bonds is 4. The molecule has 0 unspecified atom stereocenters. The summed E-state index contributed by atoms with van der Waals surface area (Å²) in [6.45, 7) is 4.09. The maximum absolute atomic E-state index is 13.0. The number of aromatic amines is 1. The number of nitrogens with one attached hydrogen (secondary N) is 2. The van der Waals surface area contributed by atoms with E-state index in [9.17, 15) is 4.79 Å². The van der Waals surface area contributed by atoms with Crippen molar-refractivity contribution in [3.63, 3.8) is 0 Å². The summed E-state index contributed by atoms with van der Waals surface area (Å²) >= 11 is 0. The van der Waals surface area contributed by atoms with Crippen molar-refractivity contribution in [3.05, 3.63) is 96.6 Å². The van der Waals surface area contributed by atoms with Crippen LogP contribution in [0.1, 0.15) is 21.6 Å². The minimum absolute atomic E-state index is 0.240. The molecule has 0 spiro atoms. The van der Waals surface area contributed by atoms with E-state index >= 15 is 0 Å². The average Bonchev–Trinajstić information content (AvgIpc) is 3.48. The summed E-state index contributed by atoms with van der Waals surface area (Å²) in [5.41, 5.74) is 8.80. The molecule has 0 atom stereocenters. The van der Waals surface area contributed by atoms with Crippen LogP contribution in [-0.2, 0) is 0 Å². The zero-order chi connectivity index (χ0) is 23.9. The molecule has 6 aromatic heterocycles. The van der Waals surface area contributed by atoms with Crippen LogP contribution in [0.4, 0.5) is 5.69 Å². The molecule has 6 rings (SSSR count). The third kappa shape index (κ3) is 3.61. The highest BCUT2D eigenvalue weighted by molar-refractivity contribution is 6.09. The molecule has 0 bridgehead atoms. The Kier molecular flexibility index (Phi) is 4.84. The summed E-state index contributed by atoms with van der Waals surface area (Å²) in [5, 5.41) is 8.23. The summed E-state index contributed by atoms with van der Waals surface area (Å²) in [5.74, 6) is -0.240. The Morgan fingerprint density at radius 2 is 1.91 bits per heavy atom. The molecule has 0 aliphatic rings. The van der Waals surface area contributed by atoms with Crippen molar-refractivity contribution in [1.82, 2.24) is 29.5 Å². The number of fused-ring (bicyclic) bond motifs is 2. The zero-order valence-electron chi connectivity index (χ0n) is 19.1. The van der Waals surface area contributed by atoms with Gasteiger partial charge in [0.15, 0.2) is 0 Å². The zero-order valence-corrected chi connectivity index (χ0v) is 19.1. The molecule has 8 heteroatoms. The largest absolute Gasteiger partial charge is 0.346 e. The van der Waals surface area contributed by atoms with Crippen LogP contribution in [0.15, 0.2) is 79.8 Å². The number of H-pyrrole nitrogens is 1. The fraction of sp³-hybridized carbons (Fsp3) is 0.0741. The van der Waals surface area contributed by atoms with E-state index in [1.807, 2.05) is 49.9 Å². The first-order chi connectivity index (χ1) is 17.1. The summed E-state index contributed by atoms with van der Waals surface area (Å²) in [6.07, 6.45) is 12.4. The van der Waals surface area contributed by atoms with Gasteiger partial charge >= 0.3 is 0 Å². The quantitative estimate of drug-likeness (QED) is 0.377. The van der Waals surface area contributed by atoms with E-state index in [0.29, 0.717) is 16.8 Å². The summed E-state index contributed by atoms with van der Waals surface area (Å²) in [4.78, 5) is 29.4. The van der Waals surface area contributed by atoms with E-state index in [1.165, 1.54) is 0 Å². The maximum atomic E-state index is 13.0. The Balaban J connectivity index is 1.43. The fourth-order valence-corrected chi connectivity index (χ4v) is 4.47. The van der Waals surface area contributed by atoms with Gasteiger partial charge in [-0.15, -0.1) is 0 Å². The first kappa shape index (κ1) is 20.7. The van der Waals surface area contributed by atoms with E-state index in [0.717, 1.165) is 44.5 Å². The first-order valence-electron chi connectivity index (χ1n) is 11.2. The number of aryl methyl sites for hydroxylation is 2. The van der Waals surface area contributed by atoms with Gasteiger partial charge in [-0.05, 0) is 61.4 Å². The second-order valence-corrected chi connectivity index (χ2v) is 8.41. The third-order valence-corrected chi connectivity index (χ3v) is 6.17. The first-order valence-corrected chi connectivity index (χ1v) is 11.2. The number of pyridine rings is 4. The van der Waals surface area contributed by atoms with Gasteiger partial charge in [0.05, 0.1) is 29.2 Å². The van der Waals surface area contributed by atoms with Gasteiger partial charge in [-0.3, -0.25) is 14.8 Å². The number of carbonyl (C=O) groups excluding carboxylic acids is 1. The Morgan fingerprint density at radius 3 is 2.74 bits per heavy atom. The van der Waals surface area contributed by atoms with Crippen LogP contribution in [-0.4, -0.2) is 35.5 Å². The normalized spacial score (nSPS) is 11.3. The molecule has 6 heterocycles. The number of anilines is 1. The molecular formula is C27H21N7O. The van der Waals surface area contributed by atoms with E-state index in [4.69, 9.17) is 0 Å². The fourth-order valence-electron chi connectivity index (χ4n) is 4.47. The highest BCUT2D eigenvalue weighted by atomic mass is 16.1. The highest BCUT2D eigenvalue weighted by Crippen LogP contribution is 2.33. The van der Waals surface area contributed by atoms with Crippen LogP contribution >= 0.6 is 0 Å². The summed E-state index contributed by atoms with van der Waals surface area (Å²) in [7, 11) is 0. The lowest BCUT2D eigenvalue weighted by molar-refractivity contribution is 0.102. The molecule has 6 aromatic rings. The Hall–Kier alpha value is -4.85. The second-order valence-electron chi connectivity index (χ2n) is 8.41. The molecule has 0 aromatic carbocycles.